The van der Waals surface area contributed by atoms with Gasteiger partial charge in [-0.2, -0.15) is 0 Å². The van der Waals surface area contributed by atoms with Crippen LogP contribution >= 0.6 is 0 Å². The summed E-state index contributed by atoms with van der Waals surface area (Å²) in [7, 11) is 0. The van der Waals surface area contributed by atoms with Crippen LogP contribution in [0.1, 0.15) is 56.6 Å². The van der Waals surface area contributed by atoms with Crippen LogP contribution in [0, 0.1) is 29.4 Å². The molecule has 1 N–H and O–H groups in total. The molecular weight excluding hydrogens is 258 g/mol. The van der Waals surface area contributed by atoms with E-state index in [1.807, 2.05) is 0 Å². The van der Waals surface area contributed by atoms with Crippen molar-refractivity contribution < 1.29 is 13.9 Å². The molecule has 20 heavy (non-hydrogen) atoms. The van der Waals surface area contributed by atoms with E-state index >= 15 is 0 Å². The first-order chi connectivity index (χ1) is 9.66. The maximum atomic E-state index is 13.8. The van der Waals surface area contributed by atoms with Crippen molar-refractivity contribution in [2.24, 2.45) is 17.8 Å². The molecule has 0 amide bonds. The molecule has 0 saturated heterocycles. The number of aliphatic hydroxyl groups excluding tert-OH is 1. The Morgan fingerprint density at radius 3 is 2.55 bits per heavy atom. The molecule has 2 aliphatic rings. The number of rotatable bonds is 2. The van der Waals surface area contributed by atoms with E-state index in [-0.39, 0.29) is 11.5 Å². The van der Waals surface area contributed by atoms with Crippen molar-refractivity contribution >= 4 is 0 Å². The largest absolute Gasteiger partial charge is 0.388 e. The minimum atomic E-state index is -0.884. The Bertz CT molecular complexity index is 474. The van der Waals surface area contributed by atoms with Crippen LogP contribution in [0.5, 0.6) is 0 Å². The van der Waals surface area contributed by atoms with Crippen molar-refractivity contribution in [3.63, 3.8) is 0 Å². The molecule has 2 saturated carbocycles. The smallest absolute Gasteiger partial charge is 0.164 e. The fraction of sp³-hybridized carbons (Fsp3) is 0.647. The first-order valence-corrected chi connectivity index (χ1v) is 7.79. The first kappa shape index (κ1) is 14.0. The van der Waals surface area contributed by atoms with Crippen LogP contribution in [-0.2, 0) is 0 Å². The van der Waals surface area contributed by atoms with Crippen LogP contribution in [0.15, 0.2) is 18.2 Å². The van der Waals surface area contributed by atoms with Crippen LogP contribution < -0.4 is 0 Å². The summed E-state index contributed by atoms with van der Waals surface area (Å²) in [5, 5.41) is 10.4. The lowest BCUT2D eigenvalue weighted by atomic mass is 9.66. The van der Waals surface area contributed by atoms with E-state index in [0.29, 0.717) is 5.92 Å². The number of fused-ring (bicyclic) bond motifs is 1. The normalized spacial score (nSPS) is 31.6. The molecule has 0 bridgehead atoms. The van der Waals surface area contributed by atoms with Gasteiger partial charge in [0.05, 0.1) is 6.10 Å². The summed E-state index contributed by atoms with van der Waals surface area (Å²) in [6.45, 7) is 0. The van der Waals surface area contributed by atoms with Gasteiger partial charge in [-0.25, -0.2) is 8.78 Å². The fourth-order valence-corrected chi connectivity index (χ4v) is 4.20. The van der Waals surface area contributed by atoms with E-state index in [9.17, 15) is 13.9 Å². The Morgan fingerprint density at radius 1 is 1.00 bits per heavy atom. The summed E-state index contributed by atoms with van der Waals surface area (Å²) in [5.74, 6) is -0.206. The van der Waals surface area contributed by atoms with E-state index in [1.54, 1.807) is 0 Å². The zero-order chi connectivity index (χ0) is 14.1. The van der Waals surface area contributed by atoms with Gasteiger partial charge in [0.25, 0.3) is 0 Å². The van der Waals surface area contributed by atoms with Gasteiger partial charge in [-0.1, -0.05) is 37.8 Å². The second kappa shape index (κ2) is 5.80. The van der Waals surface area contributed by atoms with E-state index in [1.165, 1.54) is 37.8 Å². The Hall–Kier alpha value is -0.960. The van der Waals surface area contributed by atoms with Crippen molar-refractivity contribution in [3.05, 3.63) is 35.4 Å². The van der Waals surface area contributed by atoms with Gasteiger partial charge in [-0.05, 0) is 43.1 Å². The summed E-state index contributed by atoms with van der Waals surface area (Å²) in [6, 6.07) is 4.09. The highest BCUT2D eigenvalue weighted by Gasteiger charge is 2.36. The Kier molecular flexibility index (Phi) is 4.06. The lowest BCUT2D eigenvalue weighted by Gasteiger charge is -2.40. The molecule has 0 heterocycles. The molecule has 2 fully saturated rings. The third-order valence-electron chi connectivity index (χ3n) is 5.33. The topological polar surface area (TPSA) is 20.2 Å². The van der Waals surface area contributed by atoms with Gasteiger partial charge >= 0.3 is 0 Å². The standard InChI is InChI=1S/C17H22F2O/c18-15-7-3-6-14(16(15)19)17(20)13-9-8-11-4-1-2-5-12(11)10-13/h3,6-7,11-13,17,20H,1-2,4-5,8-10H2. The van der Waals surface area contributed by atoms with Crippen LogP contribution in [0.4, 0.5) is 8.78 Å². The zero-order valence-corrected chi connectivity index (χ0v) is 11.7. The number of benzene rings is 1. The van der Waals surface area contributed by atoms with Crippen molar-refractivity contribution in [2.45, 2.75) is 51.0 Å². The van der Waals surface area contributed by atoms with Crippen molar-refractivity contribution in [1.29, 1.82) is 0 Å². The molecule has 110 valence electrons. The molecule has 3 heteroatoms. The quantitative estimate of drug-likeness (QED) is 0.839. The van der Waals surface area contributed by atoms with Gasteiger partial charge in [0.2, 0.25) is 0 Å². The van der Waals surface area contributed by atoms with E-state index in [4.69, 9.17) is 0 Å². The second-order valence-electron chi connectivity index (χ2n) is 6.47. The van der Waals surface area contributed by atoms with Gasteiger partial charge in [0.1, 0.15) is 0 Å². The van der Waals surface area contributed by atoms with Gasteiger partial charge < -0.3 is 5.11 Å². The van der Waals surface area contributed by atoms with E-state index in [0.717, 1.165) is 31.2 Å². The predicted octanol–water partition coefficient (Wildman–Crippen LogP) is 4.60. The highest BCUT2D eigenvalue weighted by Crippen LogP contribution is 2.46. The maximum Gasteiger partial charge on any atom is 0.164 e. The molecule has 1 aromatic carbocycles. The molecule has 2 aliphatic carbocycles. The second-order valence-corrected chi connectivity index (χ2v) is 6.47. The lowest BCUT2D eigenvalue weighted by molar-refractivity contribution is 0.0327. The summed E-state index contributed by atoms with van der Waals surface area (Å²) in [5.41, 5.74) is 0.129. The minimum absolute atomic E-state index is 0.0747. The molecular formula is C17H22F2O. The summed E-state index contributed by atoms with van der Waals surface area (Å²) < 4.78 is 27.1. The SMILES string of the molecule is OC(c1cccc(F)c1F)C1CCC2CCCCC2C1. The molecule has 1 aromatic rings. The highest BCUT2D eigenvalue weighted by molar-refractivity contribution is 5.22. The molecule has 0 aromatic heterocycles. The monoisotopic (exact) mass is 280 g/mol. The lowest BCUT2D eigenvalue weighted by Crippen LogP contribution is -2.30. The first-order valence-electron chi connectivity index (χ1n) is 7.79. The maximum absolute atomic E-state index is 13.8. The third-order valence-corrected chi connectivity index (χ3v) is 5.33. The predicted molar refractivity (Wildman–Crippen MR) is 74.1 cm³/mol. The summed E-state index contributed by atoms with van der Waals surface area (Å²) >= 11 is 0. The molecule has 4 atom stereocenters. The molecule has 3 rings (SSSR count). The van der Waals surface area contributed by atoms with Gasteiger partial charge in [-0.3, -0.25) is 0 Å². The van der Waals surface area contributed by atoms with Crippen LogP contribution in [-0.4, -0.2) is 5.11 Å². The number of hydrogen-bond donors (Lipinski definition) is 1. The van der Waals surface area contributed by atoms with Crippen molar-refractivity contribution in [1.82, 2.24) is 0 Å². The van der Waals surface area contributed by atoms with Gasteiger partial charge in [0, 0.05) is 5.56 Å². The summed E-state index contributed by atoms with van der Waals surface area (Å²) in [4.78, 5) is 0. The van der Waals surface area contributed by atoms with Gasteiger partial charge in [-0.15, -0.1) is 0 Å². The molecule has 0 radical (unpaired) electrons. The molecule has 4 unspecified atom stereocenters. The Morgan fingerprint density at radius 2 is 1.75 bits per heavy atom. The van der Waals surface area contributed by atoms with Crippen molar-refractivity contribution in [2.75, 3.05) is 0 Å². The van der Waals surface area contributed by atoms with Crippen LogP contribution in [0.2, 0.25) is 0 Å². The number of hydrogen-bond acceptors (Lipinski definition) is 1. The molecule has 1 nitrogen and oxygen atoms in total. The third kappa shape index (κ3) is 2.60. The average molecular weight is 280 g/mol. The number of aliphatic hydroxyl groups is 1. The van der Waals surface area contributed by atoms with E-state index in [2.05, 4.69) is 0 Å². The van der Waals surface area contributed by atoms with Gasteiger partial charge in [0.15, 0.2) is 11.6 Å². The van der Waals surface area contributed by atoms with Crippen LogP contribution in [0.25, 0.3) is 0 Å². The average Bonchev–Trinajstić information content (AvgIpc) is 2.49. The zero-order valence-electron chi connectivity index (χ0n) is 11.7. The Balaban J connectivity index is 1.74. The number of halogens is 2. The van der Waals surface area contributed by atoms with E-state index < -0.39 is 17.7 Å². The fourth-order valence-electron chi connectivity index (χ4n) is 4.20. The van der Waals surface area contributed by atoms with Crippen molar-refractivity contribution in [3.8, 4) is 0 Å². The van der Waals surface area contributed by atoms with Crippen LogP contribution in [0.3, 0.4) is 0 Å². The Labute approximate surface area is 119 Å². The molecule has 0 spiro atoms. The highest BCUT2D eigenvalue weighted by atomic mass is 19.2. The summed E-state index contributed by atoms with van der Waals surface area (Å²) in [6.07, 6.45) is 7.30. The minimum Gasteiger partial charge on any atom is -0.388 e. The molecule has 0 aliphatic heterocycles.